The number of rotatable bonds is 5. The summed E-state index contributed by atoms with van der Waals surface area (Å²) in [7, 11) is -0.965. The molecular weight excluding hydrogens is 394 g/mol. The first kappa shape index (κ1) is 19.9. The van der Waals surface area contributed by atoms with Crippen LogP contribution in [0.2, 0.25) is 0 Å². The van der Waals surface area contributed by atoms with E-state index < -0.39 is 9.84 Å². The summed E-state index contributed by atoms with van der Waals surface area (Å²) in [6.45, 7) is 5.49. The van der Waals surface area contributed by atoms with Crippen molar-refractivity contribution in [3.8, 4) is 0 Å². The Balaban J connectivity index is 1.27. The second-order valence-corrected chi connectivity index (χ2v) is 11.1. The first-order valence-electron chi connectivity index (χ1n) is 11.0. The highest BCUT2D eigenvalue weighted by atomic mass is 32.2. The van der Waals surface area contributed by atoms with E-state index in [1.807, 2.05) is 18.2 Å². The Morgan fingerprint density at radius 3 is 2.70 bits per heavy atom. The van der Waals surface area contributed by atoms with Crippen LogP contribution in [0.5, 0.6) is 0 Å². The molecule has 0 saturated carbocycles. The zero-order valence-electron chi connectivity index (χ0n) is 17.9. The van der Waals surface area contributed by atoms with Crippen LogP contribution in [0.1, 0.15) is 29.9 Å². The fraction of sp³-hybridized carbons (Fsp3) is 0.500. The minimum atomic E-state index is -3.17. The van der Waals surface area contributed by atoms with E-state index in [9.17, 15) is 8.42 Å². The number of para-hydroxylation sites is 1. The third-order valence-electron chi connectivity index (χ3n) is 7.17. The van der Waals surface area contributed by atoms with Gasteiger partial charge in [-0.25, -0.2) is 8.42 Å². The summed E-state index contributed by atoms with van der Waals surface area (Å²) in [5.74, 6) is 0.587. The van der Waals surface area contributed by atoms with Gasteiger partial charge in [-0.1, -0.05) is 30.3 Å². The average Bonchev–Trinajstić information content (AvgIpc) is 3.05. The largest absolute Gasteiger partial charge is 0.371 e. The van der Waals surface area contributed by atoms with Crippen LogP contribution < -0.4 is 9.80 Å². The molecule has 0 aromatic heterocycles. The van der Waals surface area contributed by atoms with E-state index in [4.69, 9.17) is 0 Å². The Morgan fingerprint density at radius 2 is 1.87 bits per heavy atom. The van der Waals surface area contributed by atoms with Crippen molar-refractivity contribution >= 4 is 21.2 Å². The first-order valence-corrected chi connectivity index (χ1v) is 12.9. The van der Waals surface area contributed by atoms with Crippen molar-refractivity contribution in [2.75, 3.05) is 55.8 Å². The predicted molar refractivity (Wildman–Crippen MR) is 123 cm³/mol. The number of aryl methyl sites for hydroxylation is 1. The van der Waals surface area contributed by atoms with Gasteiger partial charge in [0.2, 0.25) is 0 Å². The SMILES string of the molecule is CN1CCN2c3c(cccc31)[C@@H]1CN(CCCc3ccccc3S(C)(=O)=O)CC[C@@H]12. The molecule has 0 radical (unpaired) electrons. The molecule has 1 saturated heterocycles. The van der Waals surface area contributed by atoms with E-state index in [1.165, 1.54) is 29.6 Å². The van der Waals surface area contributed by atoms with Crippen molar-refractivity contribution in [1.29, 1.82) is 0 Å². The summed E-state index contributed by atoms with van der Waals surface area (Å²) in [6, 6.07) is 14.9. The highest BCUT2D eigenvalue weighted by Gasteiger charge is 2.44. The molecule has 0 spiro atoms. The number of fused-ring (bicyclic) bond motifs is 3. The fourth-order valence-corrected chi connectivity index (χ4v) is 6.72. The molecule has 2 atom stereocenters. The molecule has 6 heteroatoms. The number of likely N-dealkylation sites (N-methyl/N-ethyl adjacent to an activating group) is 1. The van der Waals surface area contributed by atoms with Crippen molar-refractivity contribution in [2.45, 2.75) is 36.1 Å². The maximum Gasteiger partial charge on any atom is 0.175 e. The Labute approximate surface area is 180 Å². The predicted octanol–water partition coefficient (Wildman–Crippen LogP) is 3.15. The van der Waals surface area contributed by atoms with Gasteiger partial charge in [0.25, 0.3) is 0 Å². The van der Waals surface area contributed by atoms with Crippen LogP contribution in [0.3, 0.4) is 0 Å². The van der Waals surface area contributed by atoms with Crippen LogP contribution in [-0.4, -0.2) is 65.4 Å². The number of hydrogen-bond donors (Lipinski definition) is 0. The van der Waals surface area contributed by atoms with Crippen LogP contribution in [0.4, 0.5) is 11.4 Å². The molecule has 0 aliphatic carbocycles. The van der Waals surface area contributed by atoms with Crippen molar-refractivity contribution < 1.29 is 8.42 Å². The van der Waals surface area contributed by atoms with Gasteiger partial charge in [-0.3, -0.25) is 0 Å². The summed E-state index contributed by atoms with van der Waals surface area (Å²) in [5.41, 5.74) is 5.34. The molecular formula is C24H31N3O2S. The number of nitrogens with zero attached hydrogens (tertiary/aromatic N) is 3. The van der Waals surface area contributed by atoms with Crippen molar-refractivity contribution in [3.05, 3.63) is 53.6 Å². The maximum absolute atomic E-state index is 12.1. The van der Waals surface area contributed by atoms with Gasteiger partial charge in [0.05, 0.1) is 16.3 Å². The normalized spacial score (nSPS) is 23.4. The Morgan fingerprint density at radius 1 is 1.03 bits per heavy atom. The molecule has 5 nitrogen and oxygen atoms in total. The lowest BCUT2D eigenvalue weighted by Gasteiger charge is -2.41. The smallest absolute Gasteiger partial charge is 0.175 e. The minimum absolute atomic E-state index is 0.485. The lowest BCUT2D eigenvalue weighted by atomic mass is 9.89. The average molecular weight is 426 g/mol. The van der Waals surface area contributed by atoms with Gasteiger partial charge in [0, 0.05) is 51.4 Å². The van der Waals surface area contributed by atoms with Crippen LogP contribution >= 0.6 is 0 Å². The minimum Gasteiger partial charge on any atom is -0.371 e. The molecule has 2 aromatic carbocycles. The van der Waals surface area contributed by atoms with Crippen LogP contribution in [0, 0.1) is 0 Å². The summed E-state index contributed by atoms with van der Waals surface area (Å²) in [5, 5.41) is 0. The highest BCUT2D eigenvalue weighted by Crippen LogP contribution is 2.50. The van der Waals surface area contributed by atoms with E-state index in [1.54, 1.807) is 6.07 Å². The highest BCUT2D eigenvalue weighted by molar-refractivity contribution is 7.90. The maximum atomic E-state index is 12.1. The van der Waals surface area contributed by atoms with E-state index >= 15 is 0 Å². The van der Waals surface area contributed by atoms with Gasteiger partial charge in [-0.05, 0) is 49.1 Å². The van der Waals surface area contributed by atoms with Crippen molar-refractivity contribution in [1.82, 2.24) is 4.90 Å². The standard InChI is InChI=1S/C24H31N3O2S/c1-25-15-16-27-21-12-14-26(17-20(21)19-9-5-10-22(25)24(19)27)13-6-8-18-7-3-4-11-23(18)30(2,28)29/h3-5,7,9-11,20-21H,6,8,12-17H2,1-2H3/t20-,21-/m0/s1. The zero-order valence-corrected chi connectivity index (χ0v) is 18.7. The summed E-state index contributed by atoms with van der Waals surface area (Å²) in [6.07, 6.45) is 4.31. The van der Waals surface area contributed by atoms with E-state index in [0.717, 1.165) is 51.1 Å². The van der Waals surface area contributed by atoms with E-state index in [0.29, 0.717) is 16.9 Å². The fourth-order valence-electron chi connectivity index (χ4n) is 5.74. The molecule has 0 amide bonds. The van der Waals surface area contributed by atoms with Crippen molar-refractivity contribution in [2.24, 2.45) is 0 Å². The van der Waals surface area contributed by atoms with Crippen LogP contribution in [-0.2, 0) is 16.3 Å². The third kappa shape index (κ3) is 3.40. The lowest BCUT2D eigenvalue weighted by molar-refractivity contribution is 0.191. The number of anilines is 2. The topological polar surface area (TPSA) is 43.9 Å². The summed E-state index contributed by atoms with van der Waals surface area (Å²) >= 11 is 0. The Hall–Kier alpha value is -2.05. The van der Waals surface area contributed by atoms with Gasteiger partial charge >= 0.3 is 0 Å². The van der Waals surface area contributed by atoms with Gasteiger partial charge in [-0.2, -0.15) is 0 Å². The molecule has 160 valence electrons. The van der Waals surface area contributed by atoms with Crippen LogP contribution in [0.15, 0.2) is 47.4 Å². The molecule has 3 heterocycles. The van der Waals surface area contributed by atoms with E-state index in [2.05, 4.69) is 39.9 Å². The van der Waals surface area contributed by atoms with Crippen molar-refractivity contribution in [3.63, 3.8) is 0 Å². The summed E-state index contributed by atoms with van der Waals surface area (Å²) in [4.78, 5) is 8.14. The van der Waals surface area contributed by atoms with Gasteiger partial charge in [-0.15, -0.1) is 0 Å². The molecule has 0 unspecified atom stereocenters. The number of sulfone groups is 1. The monoisotopic (exact) mass is 425 g/mol. The lowest BCUT2D eigenvalue weighted by Crippen LogP contribution is -2.49. The number of likely N-dealkylation sites (tertiary alicyclic amines) is 1. The van der Waals surface area contributed by atoms with Gasteiger partial charge in [0.15, 0.2) is 9.84 Å². The molecule has 2 aromatic rings. The van der Waals surface area contributed by atoms with E-state index in [-0.39, 0.29) is 0 Å². The number of piperidine rings is 1. The number of hydrogen-bond acceptors (Lipinski definition) is 5. The van der Waals surface area contributed by atoms with Gasteiger partial charge in [0.1, 0.15) is 0 Å². The number of benzene rings is 2. The first-order chi connectivity index (χ1) is 14.4. The molecule has 3 aliphatic heterocycles. The molecule has 30 heavy (non-hydrogen) atoms. The van der Waals surface area contributed by atoms with Gasteiger partial charge < -0.3 is 14.7 Å². The molecule has 5 rings (SSSR count). The second-order valence-electron chi connectivity index (χ2n) is 9.08. The molecule has 0 bridgehead atoms. The summed E-state index contributed by atoms with van der Waals surface area (Å²) < 4.78 is 24.1. The Bertz CT molecular complexity index is 1050. The molecule has 0 N–H and O–H groups in total. The second kappa shape index (κ2) is 7.57. The van der Waals surface area contributed by atoms with Crippen LogP contribution in [0.25, 0.3) is 0 Å². The quantitative estimate of drug-likeness (QED) is 0.736. The molecule has 1 fully saturated rings. The molecule has 3 aliphatic rings. The third-order valence-corrected chi connectivity index (χ3v) is 8.37. The zero-order chi connectivity index (χ0) is 20.9. The Kier molecular flexibility index (Phi) is 5.02.